The SMILES string of the molecule is COc1ccc(Br)cc1C=CC(=O)N1CCC(CO)C1. The summed E-state index contributed by atoms with van der Waals surface area (Å²) >= 11 is 3.40. The average Bonchev–Trinajstić information content (AvgIpc) is 2.94. The number of aliphatic hydroxyl groups is 1. The van der Waals surface area contributed by atoms with Gasteiger partial charge in [0.25, 0.3) is 0 Å². The molecule has 0 spiro atoms. The molecular formula is C15H18BrNO3. The smallest absolute Gasteiger partial charge is 0.246 e. The summed E-state index contributed by atoms with van der Waals surface area (Å²) in [6.07, 6.45) is 4.19. The number of carbonyl (C=O) groups excluding carboxylic acids is 1. The molecule has 1 unspecified atom stereocenters. The molecule has 1 heterocycles. The van der Waals surface area contributed by atoms with E-state index in [1.165, 1.54) is 0 Å². The molecule has 2 rings (SSSR count). The number of amides is 1. The number of likely N-dealkylation sites (tertiary alicyclic amines) is 1. The second kappa shape index (κ2) is 6.90. The molecule has 1 atom stereocenters. The topological polar surface area (TPSA) is 49.8 Å². The zero-order chi connectivity index (χ0) is 14.5. The minimum atomic E-state index is -0.0250. The molecule has 4 nitrogen and oxygen atoms in total. The fraction of sp³-hybridized carbons (Fsp3) is 0.400. The van der Waals surface area contributed by atoms with Crippen LogP contribution in [0, 0.1) is 5.92 Å². The number of nitrogens with zero attached hydrogens (tertiary/aromatic N) is 1. The summed E-state index contributed by atoms with van der Waals surface area (Å²) in [5.74, 6) is 0.919. The van der Waals surface area contributed by atoms with Gasteiger partial charge in [0.2, 0.25) is 5.91 Å². The number of ether oxygens (including phenoxy) is 1. The Morgan fingerprint density at radius 3 is 3.05 bits per heavy atom. The van der Waals surface area contributed by atoms with Crippen LogP contribution in [0.5, 0.6) is 5.75 Å². The zero-order valence-electron chi connectivity index (χ0n) is 11.4. The maximum atomic E-state index is 12.1. The molecule has 1 aromatic rings. The van der Waals surface area contributed by atoms with Crippen molar-refractivity contribution in [3.63, 3.8) is 0 Å². The number of methoxy groups -OCH3 is 1. The van der Waals surface area contributed by atoms with E-state index in [-0.39, 0.29) is 18.4 Å². The molecule has 0 saturated carbocycles. The van der Waals surface area contributed by atoms with Crippen molar-refractivity contribution < 1.29 is 14.6 Å². The van der Waals surface area contributed by atoms with Crippen LogP contribution in [0.25, 0.3) is 6.08 Å². The van der Waals surface area contributed by atoms with Gasteiger partial charge in [0.05, 0.1) is 7.11 Å². The first kappa shape index (κ1) is 15.1. The standard InChI is InChI=1S/C15H18BrNO3/c1-20-14-4-3-13(16)8-12(14)2-5-15(19)17-7-6-11(9-17)10-18/h2-5,8,11,18H,6-7,9-10H2,1H3. The molecule has 0 bridgehead atoms. The lowest BCUT2D eigenvalue weighted by Gasteiger charge is -2.13. The van der Waals surface area contributed by atoms with Crippen molar-refractivity contribution in [2.45, 2.75) is 6.42 Å². The van der Waals surface area contributed by atoms with Crippen LogP contribution in [-0.2, 0) is 4.79 Å². The molecular weight excluding hydrogens is 322 g/mol. The summed E-state index contributed by atoms with van der Waals surface area (Å²) in [4.78, 5) is 13.8. The minimum absolute atomic E-state index is 0.0250. The maximum absolute atomic E-state index is 12.1. The van der Waals surface area contributed by atoms with Gasteiger partial charge in [0, 0.05) is 41.7 Å². The van der Waals surface area contributed by atoms with Crippen LogP contribution in [-0.4, -0.2) is 42.7 Å². The molecule has 0 aliphatic carbocycles. The predicted molar refractivity (Wildman–Crippen MR) is 81.5 cm³/mol. The van der Waals surface area contributed by atoms with E-state index in [0.29, 0.717) is 13.1 Å². The van der Waals surface area contributed by atoms with Gasteiger partial charge in [-0.25, -0.2) is 0 Å². The third-order valence-corrected chi connectivity index (χ3v) is 3.95. The van der Waals surface area contributed by atoms with E-state index < -0.39 is 0 Å². The molecule has 1 aliphatic rings. The summed E-state index contributed by atoms with van der Waals surface area (Å²) in [5.41, 5.74) is 0.855. The summed E-state index contributed by atoms with van der Waals surface area (Å²) < 4.78 is 6.20. The van der Waals surface area contributed by atoms with Gasteiger partial charge in [-0.3, -0.25) is 4.79 Å². The summed E-state index contributed by atoms with van der Waals surface area (Å²) in [6.45, 7) is 1.49. The van der Waals surface area contributed by atoms with Crippen LogP contribution in [0.1, 0.15) is 12.0 Å². The van der Waals surface area contributed by atoms with Gasteiger partial charge < -0.3 is 14.7 Å². The first-order chi connectivity index (χ1) is 9.63. The van der Waals surface area contributed by atoms with Gasteiger partial charge in [-0.2, -0.15) is 0 Å². The van der Waals surface area contributed by atoms with E-state index in [1.54, 1.807) is 24.2 Å². The van der Waals surface area contributed by atoms with Crippen LogP contribution in [0.15, 0.2) is 28.7 Å². The fourth-order valence-corrected chi connectivity index (χ4v) is 2.66. The Balaban J connectivity index is 2.06. The largest absolute Gasteiger partial charge is 0.496 e. The van der Waals surface area contributed by atoms with E-state index in [2.05, 4.69) is 15.9 Å². The van der Waals surface area contributed by atoms with E-state index in [9.17, 15) is 4.79 Å². The molecule has 1 amide bonds. The van der Waals surface area contributed by atoms with Crippen LogP contribution < -0.4 is 4.74 Å². The van der Waals surface area contributed by atoms with Crippen molar-refractivity contribution in [2.75, 3.05) is 26.8 Å². The van der Waals surface area contributed by atoms with Crippen molar-refractivity contribution in [1.29, 1.82) is 0 Å². The molecule has 1 fully saturated rings. The van der Waals surface area contributed by atoms with Gasteiger partial charge in [-0.05, 0) is 30.7 Å². The molecule has 1 N–H and O–H groups in total. The van der Waals surface area contributed by atoms with Crippen molar-refractivity contribution in [3.05, 3.63) is 34.3 Å². The third-order valence-electron chi connectivity index (χ3n) is 3.45. The van der Waals surface area contributed by atoms with E-state index in [1.807, 2.05) is 18.2 Å². The summed E-state index contributed by atoms with van der Waals surface area (Å²) in [7, 11) is 1.61. The fourth-order valence-electron chi connectivity index (χ4n) is 2.28. The second-order valence-corrected chi connectivity index (χ2v) is 5.76. The van der Waals surface area contributed by atoms with Crippen LogP contribution in [0.4, 0.5) is 0 Å². The number of benzene rings is 1. The predicted octanol–water partition coefficient (Wildman–Crippen LogP) is 2.31. The van der Waals surface area contributed by atoms with Crippen LogP contribution in [0.3, 0.4) is 0 Å². The van der Waals surface area contributed by atoms with E-state index in [0.717, 1.165) is 22.2 Å². The second-order valence-electron chi connectivity index (χ2n) is 4.84. The minimum Gasteiger partial charge on any atom is -0.496 e. The first-order valence-corrected chi connectivity index (χ1v) is 7.34. The summed E-state index contributed by atoms with van der Waals surface area (Å²) in [5, 5.41) is 9.09. The highest BCUT2D eigenvalue weighted by Gasteiger charge is 2.24. The number of rotatable bonds is 4. The number of halogens is 1. The molecule has 108 valence electrons. The Bertz CT molecular complexity index is 516. The van der Waals surface area contributed by atoms with Crippen LogP contribution >= 0.6 is 15.9 Å². The van der Waals surface area contributed by atoms with E-state index >= 15 is 0 Å². The van der Waals surface area contributed by atoms with Gasteiger partial charge in [0.1, 0.15) is 5.75 Å². The highest BCUT2D eigenvalue weighted by atomic mass is 79.9. The molecule has 20 heavy (non-hydrogen) atoms. The highest BCUT2D eigenvalue weighted by Crippen LogP contribution is 2.24. The Labute approximate surface area is 127 Å². The first-order valence-electron chi connectivity index (χ1n) is 6.55. The molecule has 1 saturated heterocycles. The molecule has 0 radical (unpaired) electrons. The highest BCUT2D eigenvalue weighted by molar-refractivity contribution is 9.10. The number of aliphatic hydroxyl groups excluding tert-OH is 1. The summed E-state index contributed by atoms with van der Waals surface area (Å²) in [6, 6.07) is 5.65. The van der Waals surface area contributed by atoms with Gasteiger partial charge in [-0.1, -0.05) is 15.9 Å². The zero-order valence-corrected chi connectivity index (χ0v) is 13.0. The Hall–Kier alpha value is -1.33. The maximum Gasteiger partial charge on any atom is 0.246 e. The number of carbonyl (C=O) groups is 1. The lowest BCUT2D eigenvalue weighted by molar-refractivity contribution is -0.125. The lowest BCUT2D eigenvalue weighted by atomic mass is 10.1. The monoisotopic (exact) mass is 339 g/mol. The normalized spacial score (nSPS) is 18.8. The van der Waals surface area contributed by atoms with E-state index in [4.69, 9.17) is 9.84 Å². The quantitative estimate of drug-likeness (QED) is 0.856. The molecule has 1 aromatic carbocycles. The van der Waals surface area contributed by atoms with Gasteiger partial charge >= 0.3 is 0 Å². The van der Waals surface area contributed by atoms with Gasteiger partial charge in [-0.15, -0.1) is 0 Å². The Morgan fingerprint density at radius 2 is 2.40 bits per heavy atom. The molecule has 0 aromatic heterocycles. The van der Waals surface area contributed by atoms with Gasteiger partial charge in [0.15, 0.2) is 0 Å². The van der Waals surface area contributed by atoms with Crippen molar-refractivity contribution in [3.8, 4) is 5.75 Å². The average molecular weight is 340 g/mol. The Morgan fingerprint density at radius 1 is 1.60 bits per heavy atom. The van der Waals surface area contributed by atoms with Crippen LogP contribution in [0.2, 0.25) is 0 Å². The van der Waals surface area contributed by atoms with Crippen molar-refractivity contribution >= 4 is 27.9 Å². The molecule has 1 aliphatic heterocycles. The molecule has 5 heteroatoms. The van der Waals surface area contributed by atoms with Crippen molar-refractivity contribution in [1.82, 2.24) is 4.90 Å². The third kappa shape index (κ3) is 3.61. The number of hydrogen-bond donors (Lipinski definition) is 1. The lowest BCUT2D eigenvalue weighted by Crippen LogP contribution is -2.27. The number of hydrogen-bond acceptors (Lipinski definition) is 3. The Kier molecular flexibility index (Phi) is 5.20. The van der Waals surface area contributed by atoms with Crippen molar-refractivity contribution in [2.24, 2.45) is 5.92 Å².